The van der Waals surface area contributed by atoms with Crippen LogP contribution in [0.4, 0.5) is 0 Å². The van der Waals surface area contributed by atoms with Crippen molar-refractivity contribution in [1.82, 2.24) is 8.80 Å². The van der Waals surface area contributed by atoms with Crippen LogP contribution in [0.3, 0.4) is 0 Å². The van der Waals surface area contributed by atoms with E-state index in [1.807, 2.05) is 0 Å². The number of fused-ring (bicyclic) bond motifs is 15. The molecular formula is C38H20N2. The molecule has 0 atom stereocenters. The van der Waals surface area contributed by atoms with Crippen LogP contribution in [0.15, 0.2) is 121 Å². The van der Waals surface area contributed by atoms with Crippen LogP contribution in [0, 0.1) is 0 Å². The molecule has 0 spiro atoms. The van der Waals surface area contributed by atoms with Crippen LogP contribution in [0.25, 0.3) is 97.7 Å². The fourth-order valence-electron chi connectivity index (χ4n) is 7.91. The van der Waals surface area contributed by atoms with Crippen LogP contribution < -0.4 is 0 Å². The van der Waals surface area contributed by atoms with Crippen LogP contribution >= 0.6 is 0 Å². The quantitative estimate of drug-likeness (QED) is 0.182. The van der Waals surface area contributed by atoms with E-state index >= 15 is 0 Å². The number of nitrogens with zero attached hydrogens (tertiary/aromatic N) is 2. The summed E-state index contributed by atoms with van der Waals surface area (Å²) in [4.78, 5) is 0. The van der Waals surface area contributed by atoms with Crippen molar-refractivity contribution >= 4 is 97.7 Å². The molecule has 0 aliphatic rings. The van der Waals surface area contributed by atoms with Gasteiger partial charge in [0.15, 0.2) is 0 Å². The molecule has 0 amide bonds. The zero-order valence-electron chi connectivity index (χ0n) is 21.4. The molecule has 0 radical (unpaired) electrons. The summed E-state index contributed by atoms with van der Waals surface area (Å²) in [5, 5.41) is 15.8. The molecule has 0 aliphatic carbocycles. The fraction of sp³-hybridized carbons (Fsp3) is 0. The summed E-state index contributed by atoms with van der Waals surface area (Å²) in [5.74, 6) is 0. The van der Waals surface area contributed by atoms with Gasteiger partial charge in [0.25, 0.3) is 0 Å². The fourth-order valence-corrected chi connectivity index (χ4v) is 7.91. The second-order valence-corrected chi connectivity index (χ2v) is 11.4. The van der Waals surface area contributed by atoms with Crippen molar-refractivity contribution in [2.45, 2.75) is 0 Å². The monoisotopic (exact) mass is 504 g/mol. The molecule has 4 heterocycles. The average molecular weight is 505 g/mol. The first-order valence-electron chi connectivity index (χ1n) is 14.0. The molecule has 11 rings (SSSR count). The van der Waals surface area contributed by atoms with Crippen molar-refractivity contribution in [3.63, 3.8) is 0 Å². The number of aromatic nitrogens is 2. The number of hydrogen-bond donors (Lipinski definition) is 0. The molecular weight excluding hydrogens is 484 g/mol. The third-order valence-corrected chi connectivity index (χ3v) is 9.52. The Bertz CT molecular complexity index is 2660. The van der Waals surface area contributed by atoms with Gasteiger partial charge in [-0.2, -0.15) is 0 Å². The van der Waals surface area contributed by atoms with Gasteiger partial charge in [0.2, 0.25) is 0 Å². The van der Waals surface area contributed by atoms with Crippen molar-refractivity contribution in [3.8, 4) is 0 Å². The first-order valence-corrected chi connectivity index (χ1v) is 14.0. The molecule has 11 aromatic rings. The lowest BCUT2D eigenvalue weighted by Gasteiger charge is -2.07. The van der Waals surface area contributed by atoms with E-state index in [-0.39, 0.29) is 0 Å². The molecule has 40 heavy (non-hydrogen) atoms. The van der Waals surface area contributed by atoms with Gasteiger partial charge in [-0.1, -0.05) is 84.9 Å². The van der Waals surface area contributed by atoms with Gasteiger partial charge in [-0.25, -0.2) is 0 Å². The second-order valence-electron chi connectivity index (χ2n) is 11.4. The highest BCUT2D eigenvalue weighted by atomic mass is 14.9. The van der Waals surface area contributed by atoms with Gasteiger partial charge in [-0.3, -0.25) is 0 Å². The number of hydrogen-bond acceptors (Lipinski definition) is 0. The van der Waals surface area contributed by atoms with Crippen LogP contribution in [-0.4, -0.2) is 8.80 Å². The van der Waals surface area contributed by atoms with Crippen LogP contribution in [0.5, 0.6) is 0 Å². The first-order chi connectivity index (χ1) is 19.8. The van der Waals surface area contributed by atoms with Gasteiger partial charge in [0, 0.05) is 43.1 Å². The predicted molar refractivity (Wildman–Crippen MR) is 171 cm³/mol. The van der Waals surface area contributed by atoms with E-state index in [0.717, 1.165) is 0 Å². The van der Waals surface area contributed by atoms with Crippen molar-refractivity contribution in [3.05, 3.63) is 121 Å². The lowest BCUT2D eigenvalue weighted by atomic mass is 9.97. The third kappa shape index (κ3) is 2.07. The SMILES string of the molecule is c1ccc2c(c1)c1cccc3c4cc5ccc6cc7c8cccc9c%10ccccc%10n(c7cc6c5cc4n2c13)c98. The number of rotatable bonds is 0. The van der Waals surface area contributed by atoms with Crippen LogP contribution in [0.2, 0.25) is 0 Å². The van der Waals surface area contributed by atoms with E-state index in [2.05, 4.69) is 130 Å². The smallest absolute Gasteiger partial charge is 0.0620 e. The Kier molecular flexibility index (Phi) is 3.17. The van der Waals surface area contributed by atoms with E-state index in [1.54, 1.807) is 0 Å². The van der Waals surface area contributed by atoms with E-state index in [4.69, 9.17) is 0 Å². The molecule has 0 unspecified atom stereocenters. The minimum Gasteiger partial charge on any atom is -0.308 e. The van der Waals surface area contributed by atoms with E-state index in [0.29, 0.717) is 0 Å². The van der Waals surface area contributed by atoms with Gasteiger partial charge in [-0.15, -0.1) is 0 Å². The summed E-state index contributed by atoms with van der Waals surface area (Å²) in [6, 6.07) is 45.4. The largest absolute Gasteiger partial charge is 0.308 e. The highest BCUT2D eigenvalue weighted by Gasteiger charge is 2.20. The Balaban J connectivity index is 1.37. The molecule has 2 heteroatoms. The highest BCUT2D eigenvalue weighted by molar-refractivity contribution is 6.28. The zero-order chi connectivity index (χ0) is 25.7. The minimum absolute atomic E-state index is 1.28. The molecule has 0 saturated heterocycles. The van der Waals surface area contributed by atoms with Crippen molar-refractivity contribution in [2.24, 2.45) is 0 Å². The van der Waals surface area contributed by atoms with Crippen LogP contribution in [-0.2, 0) is 0 Å². The Morgan fingerprint density at radius 2 is 0.675 bits per heavy atom. The summed E-state index contributed by atoms with van der Waals surface area (Å²) in [6.45, 7) is 0. The molecule has 0 fully saturated rings. The van der Waals surface area contributed by atoms with Gasteiger partial charge < -0.3 is 8.80 Å². The van der Waals surface area contributed by atoms with Gasteiger partial charge >= 0.3 is 0 Å². The standard InChI is InChI=1S/C38H20N2/c1-3-13-33-23(7-1)25-9-5-11-27-31-17-21-15-16-22-18-32-28-12-6-10-26-24-8-2-4-14-34(24)40(38(26)28)36(32)20-30(22)29(21)19-35(31)39(33)37(25)27/h1-20H. The third-order valence-electron chi connectivity index (χ3n) is 9.52. The molecule has 0 aliphatic heterocycles. The van der Waals surface area contributed by atoms with E-state index in [9.17, 15) is 0 Å². The molecule has 7 aromatic carbocycles. The molecule has 2 nitrogen and oxygen atoms in total. The van der Waals surface area contributed by atoms with E-state index in [1.165, 1.54) is 97.7 Å². The van der Waals surface area contributed by atoms with Crippen molar-refractivity contribution in [2.75, 3.05) is 0 Å². The zero-order valence-corrected chi connectivity index (χ0v) is 21.4. The lowest BCUT2D eigenvalue weighted by Crippen LogP contribution is -1.84. The van der Waals surface area contributed by atoms with Gasteiger partial charge in [-0.05, 0) is 57.9 Å². The van der Waals surface area contributed by atoms with Crippen molar-refractivity contribution in [1.29, 1.82) is 0 Å². The minimum atomic E-state index is 1.28. The number of benzene rings is 7. The second kappa shape index (κ2) is 6.44. The summed E-state index contributed by atoms with van der Waals surface area (Å²) < 4.78 is 4.97. The predicted octanol–water partition coefficient (Wildman–Crippen LogP) is 10.3. The summed E-state index contributed by atoms with van der Waals surface area (Å²) in [6.07, 6.45) is 0. The first kappa shape index (κ1) is 19.7. The van der Waals surface area contributed by atoms with Gasteiger partial charge in [0.1, 0.15) is 0 Å². The Morgan fingerprint density at radius 3 is 1.15 bits per heavy atom. The summed E-state index contributed by atoms with van der Waals surface area (Å²) in [5.41, 5.74) is 7.78. The molecule has 182 valence electrons. The van der Waals surface area contributed by atoms with E-state index < -0.39 is 0 Å². The molecule has 0 saturated carbocycles. The Hall–Kier alpha value is -5.34. The van der Waals surface area contributed by atoms with Crippen molar-refractivity contribution < 1.29 is 0 Å². The topological polar surface area (TPSA) is 8.82 Å². The summed E-state index contributed by atoms with van der Waals surface area (Å²) in [7, 11) is 0. The molecule has 4 aromatic heterocycles. The Labute approximate surface area is 227 Å². The lowest BCUT2D eigenvalue weighted by molar-refractivity contribution is 1.37. The Morgan fingerprint density at radius 1 is 0.275 bits per heavy atom. The average Bonchev–Trinajstić information content (AvgIpc) is 3.72. The maximum atomic E-state index is 2.49. The highest BCUT2D eigenvalue weighted by Crippen LogP contribution is 2.43. The molecule has 0 bridgehead atoms. The van der Waals surface area contributed by atoms with Gasteiger partial charge in [0.05, 0.1) is 33.1 Å². The maximum absolute atomic E-state index is 2.49. The summed E-state index contributed by atoms with van der Waals surface area (Å²) >= 11 is 0. The molecule has 0 N–H and O–H groups in total. The normalized spacial score (nSPS) is 13.0. The number of para-hydroxylation sites is 4. The maximum Gasteiger partial charge on any atom is 0.0620 e. The van der Waals surface area contributed by atoms with Crippen LogP contribution in [0.1, 0.15) is 0 Å².